The van der Waals surface area contributed by atoms with Crippen molar-refractivity contribution in [3.05, 3.63) is 60.2 Å². The number of hydrogen-bond donors (Lipinski definition) is 1. The number of cyclic esters (lactones) is 1. The van der Waals surface area contributed by atoms with E-state index in [4.69, 9.17) is 9.47 Å². The van der Waals surface area contributed by atoms with E-state index in [0.29, 0.717) is 32.4 Å². The molecule has 7 atom stereocenters. The van der Waals surface area contributed by atoms with Crippen LogP contribution < -0.4 is 0 Å². The van der Waals surface area contributed by atoms with Crippen LogP contribution in [0.4, 0.5) is 0 Å². The van der Waals surface area contributed by atoms with Crippen molar-refractivity contribution in [3.8, 4) is 0 Å². The third-order valence-corrected chi connectivity index (χ3v) is 10.0. The predicted molar refractivity (Wildman–Crippen MR) is 172 cm³/mol. The molecule has 2 fully saturated rings. The van der Waals surface area contributed by atoms with Gasteiger partial charge in [-0.25, -0.2) is 0 Å². The van der Waals surface area contributed by atoms with Gasteiger partial charge in [0.15, 0.2) is 0 Å². The second-order valence-electron chi connectivity index (χ2n) is 14.0. The standard InChI is InChI=1S/C36H49N3O7/c1-24-30(25-16-9-8-10-17-25)45-34(44)28-26(18-11-12-19-27(41)37(24)5)46-36-20-15-22-39(35(2,3)4)33(43)31(36)38(32(42)29(28)36)21-13-6-7-14-23-40/h8-11,15-18,20,24,26,28-31,40H,6-7,12-14,19,21-23H2,1-5H3/b18-11-/t24-,26-,28+,29+,30+,31-,36+/m1/s1. The average molecular weight is 636 g/mol. The van der Waals surface area contributed by atoms with E-state index in [1.54, 1.807) is 27.8 Å². The molecule has 1 aromatic rings. The average Bonchev–Trinajstić information content (AvgIpc) is 3.40. The van der Waals surface area contributed by atoms with Crippen LogP contribution in [0.5, 0.6) is 0 Å². The van der Waals surface area contributed by atoms with Gasteiger partial charge >= 0.3 is 5.97 Å². The van der Waals surface area contributed by atoms with Crippen LogP contribution in [0.15, 0.2) is 54.6 Å². The minimum atomic E-state index is -1.36. The van der Waals surface area contributed by atoms with Gasteiger partial charge in [-0.05, 0) is 52.5 Å². The van der Waals surface area contributed by atoms with Crippen LogP contribution in [0, 0.1) is 11.8 Å². The van der Waals surface area contributed by atoms with E-state index in [0.717, 1.165) is 18.4 Å². The molecule has 0 bridgehead atoms. The number of nitrogens with zero attached hydrogens (tertiary/aromatic N) is 3. The molecule has 250 valence electrons. The Bertz CT molecular complexity index is 1350. The number of carbonyl (C=O) groups is 4. The summed E-state index contributed by atoms with van der Waals surface area (Å²) in [5, 5.41) is 9.23. The lowest BCUT2D eigenvalue weighted by Gasteiger charge is -2.40. The number of ether oxygens (including phenoxy) is 2. The molecule has 1 spiro atoms. The van der Waals surface area contributed by atoms with E-state index in [1.807, 2.05) is 76.3 Å². The summed E-state index contributed by atoms with van der Waals surface area (Å²) in [4.78, 5) is 61.6. The Morgan fingerprint density at radius 3 is 2.39 bits per heavy atom. The van der Waals surface area contributed by atoms with Gasteiger partial charge in [0, 0.05) is 38.7 Å². The fraction of sp³-hybridized carbons (Fsp3) is 0.611. The van der Waals surface area contributed by atoms with Gasteiger partial charge in [0.05, 0.1) is 18.1 Å². The van der Waals surface area contributed by atoms with Crippen molar-refractivity contribution in [1.29, 1.82) is 0 Å². The lowest BCUT2D eigenvalue weighted by Crippen LogP contribution is -2.58. The van der Waals surface area contributed by atoms with Crippen molar-refractivity contribution in [3.63, 3.8) is 0 Å². The van der Waals surface area contributed by atoms with Crippen molar-refractivity contribution in [2.24, 2.45) is 11.8 Å². The highest BCUT2D eigenvalue weighted by Crippen LogP contribution is 2.53. The molecule has 0 aliphatic carbocycles. The van der Waals surface area contributed by atoms with Gasteiger partial charge in [0.25, 0.3) is 0 Å². The molecule has 1 N–H and O–H groups in total. The predicted octanol–water partition coefficient (Wildman–Crippen LogP) is 3.80. The van der Waals surface area contributed by atoms with E-state index < -0.39 is 53.2 Å². The maximum absolute atomic E-state index is 14.6. The molecular formula is C36H49N3O7. The quantitative estimate of drug-likeness (QED) is 0.275. The molecule has 1 aromatic carbocycles. The first-order valence-electron chi connectivity index (χ1n) is 16.7. The highest BCUT2D eigenvalue weighted by Gasteiger charge is 2.72. The van der Waals surface area contributed by atoms with Gasteiger partial charge in [-0.1, -0.05) is 67.5 Å². The van der Waals surface area contributed by atoms with Gasteiger partial charge in [0.1, 0.15) is 23.7 Å². The van der Waals surface area contributed by atoms with Crippen LogP contribution in [0.3, 0.4) is 0 Å². The first-order chi connectivity index (χ1) is 21.9. The number of benzene rings is 1. The van der Waals surface area contributed by atoms with E-state index >= 15 is 0 Å². The van der Waals surface area contributed by atoms with Gasteiger partial charge < -0.3 is 29.3 Å². The van der Waals surface area contributed by atoms with Gasteiger partial charge in [-0.3, -0.25) is 19.2 Å². The maximum atomic E-state index is 14.6. The summed E-state index contributed by atoms with van der Waals surface area (Å²) in [6.45, 7) is 8.57. The number of likely N-dealkylation sites (N-methyl/N-ethyl adjacent to an activating group) is 1. The molecule has 4 aliphatic heterocycles. The van der Waals surface area contributed by atoms with E-state index in [-0.39, 0.29) is 30.7 Å². The summed E-state index contributed by atoms with van der Waals surface area (Å²) in [5.74, 6) is -3.12. The van der Waals surface area contributed by atoms with Crippen LogP contribution >= 0.6 is 0 Å². The second-order valence-corrected chi connectivity index (χ2v) is 14.0. The Morgan fingerprint density at radius 1 is 0.978 bits per heavy atom. The van der Waals surface area contributed by atoms with Gasteiger partial charge in [0.2, 0.25) is 17.7 Å². The summed E-state index contributed by atoms with van der Waals surface area (Å²) in [6.07, 6.45) is 9.37. The molecule has 2 saturated heterocycles. The monoisotopic (exact) mass is 635 g/mol. The van der Waals surface area contributed by atoms with Crippen molar-refractivity contribution < 1.29 is 33.8 Å². The molecule has 0 unspecified atom stereocenters. The lowest BCUT2D eigenvalue weighted by atomic mass is 9.77. The Kier molecular flexibility index (Phi) is 10.1. The van der Waals surface area contributed by atoms with Crippen LogP contribution in [0.25, 0.3) is 0 Å². The molecule has 46 heavy (non-hydrogen) atoms. The number of aliphatic hydroxyl groups is 1. The minimum Gasteiger partial charge on any atom is -0.455 e. The number of allylic oxidation sites excluding steroid dienone is 1. The van der Waals surface area contributed by atoms with Gasteiger partial charge in [-0.2, -0.15) is 0 Å². The largest absolute Gasteiger partial charge is 0.455 e. The summed E-state index contributed by atoms with van der Waals surface area (Å²) in [6, 6.07) is 7.92. The fourth-order valence-electron chi connectivity index (χ4n) is 7.48. The number of likely N-dealkylation sites (tertiary alicyclic amines) is 1. The van der Waals surface area contributed by atoms with Crippen LogP contribution in [-0.4, -0.2) is 99.6 Å². The molecular weight excluding hydrogens is 586 g/mol. The summed E-state index contributed by atoms with van der Waals surface area (Å²) < 4.78 is 13.1. The molecule has 4 aliphatic rings. The Morgan fingerprint density at radius 2 is 1.70 bits per heavy atom. The zero-order valence-corrected chi connectivity index (χ0v) is 27.8. The van der Waals surface area contributed by atoms with Crippen LogP contribution in [0.1, 0.15) is 77.9 Å². The Hall–Kier alpha value is -3.50. The highest BCUT2D eigenvalue weighted by atomic mass is 16.6. The van der Waals surface area contributed by atoms with Crippen molar-refractivity contribution >= 4 is 23.7 Å². The van der Waals surface area contributed by atoms with E-state index in [2.05, 4.69) is 0 Å². The normalized spacial score (nSPS) is 32.7. The number of fused-ring (bicyclic) bond motifs is 2. The van der Waals surface area contributed by atoms with Crippen LogP contribution in [0.2, 0.25) is 0 Å². The van der Waals surface area contributed by atoms with Crippen molar-refractivity contribution in [2.45, 2.75) is 102 Å². The number of hydrogen-bond acceptors (Lipinski definition) is 7. The topological polar surface area (TPSA) is 117 Å². The SMILES string of the molecule is C[C@@H]1[C@@H](c2ccccc2)OC(=O)[C@@H]2[C@H]3C(=O)N(CCCCCCO)[C@@H]4C(=O)N(C(C)(C)C)CC=C[C@]34O[C@@H]2/C=C\CCC(=O)N1C. The van der Waals surface area contributed by atoms with Crippen molar-refractivity contribution in [2.75, 3.05) is 26.7 Å². The number of unbranched alkanes of at least 4 members (excludes halogenated alkanes) is 3. The molecule has 5 rings (SSSR count). The molecule has 0 radical (unpaired) electrons. The number of carbonyl (C=O) groups excluding carboxylic acids is 4. The summed E-state index contributed by atoms with van der Waals surface area (Å²) in [5.41, 5.74) is -1.13. The Labute approximate surface area is 272 Å². The number of aliphatic hydroxyl groups excluding tert-OH is 1. The zero-order valence-electron chi connectivity index (χ0n) is 27.8. The third kappa shape index (κ3) is 6.26. The molecule has 3 amide bonds. The first kappa shape index (κ1) is 33.9. The number of esters is 1. The van der Waals surface area contributed by atoms with Gasteiger partial charge in [-0.15, -0.1) is 0 Å². The third-order valence-electron chi connectivity index (χ3n) is 10.0. The van der Waals surface area contributed by atoms with Crippen LogP contribution in [-0.2, 0) is 28.7 Å². The number of rotatable bonds is 7. The van der Waals surface area contributed by atoms with E-state index in [1.165, 1.54) is 0 Å². The smallest absolute Gasteiger partial charge is 0.313 e. The highest BCUT2D eigenvalue weighted by molar-refractivity contribution is 5.99. The Balaban J connectivity index is 1.58. The second kappa shape index (κ2) is 13.7. The fourth-order valence-corrected chi connectivity index (χ4v) is 7.48. The summed E-state index contributed by atoms with van der Waals surface area (Å²) >= 11 is 0. The minimum absolute atomic E-state index is 0.0708. The number of amides is 3. The maximum Gasteiger partial charge on any atom is 0.313 e. The first-order valence-corrected chi connectivity index (χ1v) is 16.7. The molecule has 10 heteroatoms. The molecule has 10 nitrogen and oxygen atoms in total. The van der Waals surface area contributed by atoms with E-state index in [9.17, 15) is 24.3 Å². The molecule has 0 aromatic heterocycles. The van der Waals surface area contributed by atoms with Crippen molar-refractivity contribution in [1.82, 2.24) is 14.7 Å². The molecule has 0 saturated carbocycles. The zero-order chi connectivity index (χ0) is 33.2. The lowest BCUT2D eigenvalue weighted by molar-refractivity contribution is -0.164. The summed E-state index contributed by atoms with van der Waals surface area (Å²) in [7, 11) is 1.72. The molecule has 4 heterocycles.